The number of nitrogen functional groups attached to an aromatic ring is 1. The van der Waals surface area contributed by atoms with Crippen molar-refractivity contribution in [3.63, 3.8) is 0 Å². The van der Waals surface area contributed by atoms with Gasteiger partial charge in [-0.25, -0.2) is 9.78 Å². The van der Waals surface area contributed by atoms with E-state index in [2.05, 4.69) is 28.5 Å². The summed E-state index contributed by atoms with van der Waals surface area (Å²) < 4.78 is 0. The summed E-state index contributed by atoms with van der Waals surface area (Å²) in [5, 5.41) is 6.41. The molecule has 1 aliphatic heterocycles. The summed E-state index contributed by atoms with van der Waals surface area (Å²) in [6.07, 6.45) is 3.54. The lowest BCUT2D eigenvalue weighted by Crippen LogP contribution is -2.47. The molecule has 146 valence electrons. The molecule has 3 rings (SSSR count). The summed E-state index contributed by atoms with van der Waals surface area (Å²) in [4.78, 5) is 31.3. The number of nitrogens with two attached hydrogens (primary N) is 2. The molecule has 0 unspecified atom stereocenters. The van der Waals surface area contributed by atoms with Crippen molar-refractivity contribution in [2.45, 2.75) is 38.6 Å². The molecular weight excluding hydrogens is 364 g/mol. The molecule has 27 heavy (non-hydrogen) atoms. The number of rotatable bonds is 5. The molecule has 3 amide bonds. The van der Waals surface area contributed by atoms with Crippen LogP contribution in [0, 0.1) is 0 Å². The number of urea groups is 1. The number of pyridine rings is 1. The SMILES string of the molecule is CCCc1cc(N2CCC(NC(=O)NC)CC2)nc2sc(C(N)=O)c(N)c12. The van der Waals surface area contributed by atoms with Crippen LogP contribution in [0.15, 0.2) is 6.07 Å². The fourth-order valence-electron chi connectivity index (χ4n) is 3.51. The lowest BCUT2D eigenvalue weighted by atomic mass is 10.0. The van der Waals surface area contributed by atoms with Gasteiger partial charge in [-0.3, -0.25) is 4.79 Å². The maximum Gasteiger partial charge on any atom is 0.314 e. The van der Waals surface area contributed by atoms with Crippen LogP contribution in [-0.2, 0) is 6.42 Å². The molecule has 0 aliphatic carbocycles. The summed E-state index contributed by atoms with van der Waals surface area (Å²) in [7, 11) is 1.62. The molecule has 0 saturated carbocycles. The monoisotopic (exact) mass is 390 g/mol. The average molecular weight is 391 g/mol. The Labute approximate surface area is 162 Å². The van der Waals surface area contributed by atoms with Gasteiger partial charge >= 0.3 is 6.03 Å². The van der Waals surface area contributed by atoms with E-state index in [1.807, 2.05) is 0 Å². The molecule has 0 radical (unpaired) electrons. The highest BCUT2D eigenvalue weighted by Gasteiger charge is 2.24. The van der Waals surface area contributed by atoms with E-state index in [1.54, 1.807) is 7.05 Å². The maximum atomic E-state index is 11.7. The second-order valence-electron chi connectivity index (χ2n) is 6.76. The smallest absolute Gasteiger partial charge is 0.314 e. The quantitative estimate of drug-likeness (QED) is 0.619. The van der Waals surface area contributed by atoms with Gasteiger partial charge in [-0.1, -0.05) is 13.3 Å². The predicted molar refractivity (Wildman–Crippen MR) is 109 cm³/mol. The van der Waals surface area contributed by atoms with Gasteiger partial charge in [0.25, 0.3) is 5.91 Å². The summed E-state index contributed by atoms with van der Waals surface area (Å²) in [6, 6.07) is 2.09. The summed E-state index contributed by atoms with van der Waals surface area (Å²) in [6.45, 7) is 3.73. The Balaban J connectivity index is 1.87. The zero-order valence-corrected chi connectivity index (χ0v) is 16.5. The largest absolute Gasteiger partial charge is 0.397 e. The van der Waals surface area contributed by atoms with Gasteiger partial charge in [-0.05, 0) is 30.9 Å². The van der Waals surface area contributed by atoms with E-state index in [0.29, 0.717) is 10.6 Å². The van der Waals surface area contributed by atoms with Crippen molar-refractivity contribution in [2.24, 2.45) is 5.73 Å². The number of amides is 3. The van der Waals surface area contributed by atoms with Crippen LogP contribution in [0.5, 0.6) is 0 Å². The Bertz CT molecular complexity index is 857. The highest BCUT2D eigenvalue weighted by molar-refractivity contribution is 7.21. The van der Waals surface area contributed by atoms with Crippen molar-refractivity contribution in [3.8, 4) is 0 Å². The minimum Gasteiger partial charge on any atom is -0.397 e. The number of thiophene rings is 1. The van der Waals surface area contributed by atoms with Crippen molar-refractivity contribution in [3.05, 3.63) is 16.5 Å². The van der Waals surface area contributed by atoms with E-state index < -0.39 is 5.91 Å². The molecule has 0 bridgehead atoms. The van der Waals surface area contributed by atoms with Crippen LogP contribution in [0.1, 0.15) is 41.4 Å². The van der Waals surface area contributed by atoms with Crippen molar-refractivity contribution in [1.82, 2.24) is 15.6 Å². The van der Waals surface area contributed by atoms with Crippen LogP contribution in [-0.4, -0.2) is 43.1 Å². The minimum atomic E-state index is -0.513. The first-order valence-electron chi connectivity index (χ1n) is 9.19. The summed E-state index contributed by atoms with van der Waals surface area (Å²) >= 11 is 1.26. The highest BCUT2D eigenvalue weighted by Crippen LogP contribution is 2.37. The molecule has 3 heterocycles. The van der Waals surface area contributed by atoms with Gasteiger partial charge in [-0.15, -0.1) is 11.3 Å². The van der Waals surface area contributed by atoms with Gasteiger partial charge in [0.05, 0.1) is 5.69 Å². The van der Waals surface area contributed by atoms with Crippen LogP contribution in [0.25, 0.3) is 10.2 Å². The molecule has 0 spiro atoms. The number of carbonyl (C=O) groups is 2. The molecule has 8 nitrogen and oxygen atoms in total. The molecule has 0 atom stereocenters. The Kier molecular flexibility index (Phi) is 5.69. The zero-order valence-electron chi connectivity index (χ0n) is 15.7. The van der Waals surface area contributed by atoms with Gasteiger partial charge in [0.15, 0.2) is 0 Å². The Morgan fingerprint density at radius 2 is 2.07 bits per heavy atom. The Morgan fingerprint density at radius 1 is 1.37 bits per heavy atom. The van der Waals surface area contributed by atoms with E-state index >= 15 is 0 Å². The number of hydrogen-bond acceptors (Lipinski definition) is 6. The van der Waals surface area contributed by atoms with Gasteiger partial charge in [0.2, 0.25) is 0 Å². The average Bonchev–Trinajstić information content (AvgIpc) is 2.99. The van der Waals surface area contributed by atoms with E-state index in [-0.39, 0.29) is 12.1 Å². The Hall–Kier alpha value is -2.55. The molecule has 2 aromatic rings. The van der Waals surface area contributed by atoms with Crippen molar-refractivity contribution in [2.75, 3.05) is 30.8 Å². The normalized spacial score (nSPS) is 15.1. The first-order chi connectivity index (χ1) is 12.9. The molecule has 1 fully saturated rings. The maximum absolute atomic E-state index is 11.7. The third-order valence-corrected chi connectivity index (χ3v) is 6.01. The fraction of sp³-hybridized carbons (Fsp3) is 0.500. The standard InChI is InChI=1S/C18H26N6O2S/c1-3-4-10-9-12(23-17-13(10)14(19)15(27-17)16(20)25)24-7-5-11(6-8-24)22-18(26)21-2/h9,11H,3-8,19H2,1-2H3,(H2,20,25)(H2,21,22,26). The van der Waals surface area contributed by atoms with E-state index in [9.17, 15) is 9.59 Å². The van der Waals surface area contributed by atoms with Crippen LogP contribution < -0.4 is 27.0 Å². The molecule has 2 aromatic heterocycles. The molecule has 9 heteroatoms. The molecule has 1 saturated heterocycles. The number of anilines is 2. The van der Waals surface area contributed by atoms with Crippen molar-refractivity contribution in [1.29, 1.82) is 0 Å². The second kappa shape index (κ2) is 7.99. The lowest BCUT2D eigenvalue weighted by Gasteiger charge is -2.33. The zero-order chi connectivity index (χ0) is 19.6. The van der Waals surface area contributed by atoms with E-state index in [1.165, 1.54) is 11.3 Å². The summed E-state index contributed by atoms with van der Waals surface area (Å²) in [5.41, 5.74) is 13.2. The Morgan fingerprint density at radius 3 is 2.67 bits per heavy atom. The summed E-state index contributed by atoms with van der Waals surface area (Å²) in [5.74, 6) is 0.377. The number of primary amides is 1. The molecule has 1 aliphatic rings. The number of fused-ring (bicyclic) bond motifs is 1. The van der Waals surface area contributed by atoms with Crippen molar-refractivity contribution < 1.29 is 9.59 Å². The predicted octanol–water partition coefficient (Wildman–Crippen LogP) is 1.83. The highest BCUT2D eigenvalue weighted by atomic mass is 32.1. The van der Waals surface area contributed by atoms with Gasteiger partial charge in [0, 0.05) is 31.6 Å². The number of aromatic nitrogens is 1. The topological polar surface area (TPSA) is 126 Å². The van der Waals surface area contributed by atoms with E-state index in [0.717, 1.165) is 60.4 Å². The van der Waals surface area contributed by atoms with Crippen LogP contribution >= 0.6 is 11.3 Å². The fourth-order valence-corrected chi connectivity index (χ4v) is 4.50. The molecule has 0 aromatic carbocycles. The lowest BCUT2D eigenvalue weighted by molar-refractivity contribution is 0.100. The number of aryl methyl sites for hydroxylation is 1. The van der Waals surface area contributed by atoms with E-state index in [4.69, 9.17) is 16.5 Å². The number of piperidine rings is 1. The van der Waals surface area contributed by atoms with Gasteiger partial charge < -0.3 is 27.0 Å². The van der Waals surface area contributed by atoms with Crippen LogP contribution in [0.2, 0.25) is 0 Å². The van der Waals surface area contributed by atoms with Crippen LogP contribution in [0.3, 0.4) is 0 Å². The minimum absolute atomic E-state index is 0.147. The van der Waals surface area contributed by atoms with Gasteiger partial charge in [0.1, 0.15) is 15.5 Å². The second-order valence-corrected chi connectivity index (χ2v) is 7.76. The number of nitrogens with zero attached hydrogens (tertiary/aromatic N) is 2. The van der Waals surface area contributed by atoms with Crippen LogP contribution in [0.4, 0.5) is 16.3 Å². The molecule has 6 N–H and O–H groups in total. The number of carbonyl (C=O) groups excluding carboxylic acids is 2. The third kappa shape index (κ3) is 3.92. The van der Waals surface area contributed by atoms with Gasteiger partial charge in [-0.2, -0.15) is 0 Å². The third-order valence-electron chi connectivity index (χ3n) is 4.89. The number of nitrogens with one attached hydrogen (secondary N) is 2. The number of hydrogen-bond donors (Lipinski definition) is 4. The van der Waals surface area contributed by atoms with Crippen molar-refractivity contribution >= 4 is 45.0 Å². The first kappa shape index (κ1) is 19.2. The first-order valence-corrected chi connectivity index (χ1v) is 10.0. The molecular formula is C18H26N6O2S.